The summed E-state index contributed by atoms with van der Waals surface area (Å²) in [6, 6.07) is 15.7. The molecule has 1 aliphatic rings. The molecule has 0 saturated carbocycles. The van der Waals surface area contributed by atoms with Gasteiger partial charge in [-0.2, -0.15) is 0 Å². The molecule has 4 rings (SSSR count). The zero-order valence-corrected chi connectivity index (χ0v) is 16.0. The Morgan fingerprint density at radius 3 is 2.11 bits per heavy atom. The Balaban J connectivity index is 1.82. The lowest BCUT2D eigenvalue weighted by molar-refractivity contribution is 0.00578. The molecule has 2 aromatic heterocycles. The molecule has 0 bridgehead atoms. The molecule has 0 unspecified atom stereocenters. The Morgan fingerprint density at radius 2 is 1.48 bits per heavy atom. The molecule has 27 heavy (non-hydrogen) atoms. The fraction of sp³-hybridized carbons (Fsp3) is 0.286. The first-order valence-corrected chi connectivity index (χ1v) is 9.06. The van der Waals surface area contributed by atoms with Gasteiger partial charge in [-0.15, -0.1) is 0 Å². The number of benzene rings is 1. The van der Waals surface area contributed by atoms with Crippen LogP contribution < -0.4 is 5.59 Å². The molecule has 6 heteroatoms. The van der Waals surface area contributed by atoms with Gasteiger partial charge in [-0.3, -0.25) is 4.98 Å². The van der Waals surface area contributed by atoms with Crippen molar-refractivity contribution in [2.24, 2.45) is 0 Å². The molecular weight excluding hydrogens is 337 g/mol. The highest BCUT2D eigenvalue weighted by atomic mass is 16.7. The van der Waals surface area contributed by atoms with Gasteiger partial charge >= 0.3 is 7.12 Å². The van der Waals surface area contributed by atoms with Crippen LogP contribution in [0.25, 0.3) is 22.6 Å². The average molecular weight is 359 g/mol. The van der Waals surface area contributed by atoms with Crippen molar-refractivity contribution in [3.05, 3.63) is 60.9 Å². The van der Waals surface area contributed by atoms with E-state index in [1.54, 1.807) is 12.4 Å². The molecule has 0 radical (unpaired) electrons. The van der Waals surface area contributed by atoms with Crippen molar-refractivity contribution < 1.29 is 9.31 Å². The van der Waals surface area contributed by atoms with Gasteiger partial charge in [0.1, 0.15) is 0 Å². The third-order valence-corrected chi connectivity index (χ3v) is 5.23. The normalized spacial score (nSPS) is 17.9. The Morgan fingerprint density at radius 1 is 0.815 bits per heavy atom. The van der Waals surface area contributed by atoms with Crippen molar-refractivity contribution in [2.75, 3.05) is 0 Å². The van der Waals surface area contributed by atoms with Gasteiger partial charge in [0.2, 0.25) is 0 Å². The Bertz CT molecular complexity index is 872. The number of pyridine rings is 1. The van der Waals surface area contributed by atoms with Crippen molar-refractivity contribution in [1.82, 2.24) is 15.0 Å². The molecule has 136 valence electrons. The summed E-state index contributed by atoms with van der Waals surface area (Å²) in [5, 5.41) is 0. The second-order valence-corrected chi connectivity index (χ2v) is 7.70. The summed E-state index contributed by atoms with van der Waals surface area (Å²) in [5.74, 6) is 0.640. The van der Waals surface area contributed by atoms with E-state index in [-0.39, 0.29) is 0 Å². The maximum absolute atomic E-state index is 6.20. The first-order chi connectivity index (χ1) is 12.9. The van der Waals surface area contributed by atoms with Crippen LogP contribution in [0, 0.1) is 0 Å². The zero-order chi connectivity index (χ0) is 19.1. The second kappa shape index (κ2) is 6.55. The molecule has 1 fully saturated rings. The van der Waals surface area contributed by atoms with Gasteiger partial charge in [0, 0.05) is 23.5 Å². The summed E-state index contributed by atoms with van der Waals surface area (Å²) in [7, 11) is -0.545. The monoisotopic (exact) mass is 359 g/mol. The van der Waals surface area contributed by atoms with Crippen molar-refractivity contribution in [3.63, 3.8) is 0 Å². The lowest BCUT2D eigenvalue weighted by atomic mass is 9.83. The minimum Gasteiger partial charge on any atom is -0.398 e. The highest BCUT2D eigenvalue weighted by Crippen LogP contribution is 2.36. The molecule has 0 spiro atoms. The lowest BCUT2D eigenvalue weighted by Gasteiger charge is -2.32. The smallest absolute Gasteiger partial charge is 0.398 e. The Hall–Kier alpha value is -2.57. The molecule has 3 heterocycles. The summed E-state index contributed by atoms with van der Waals surface area (Å²) >= 11 is 0. The van der Waals surface area contributed by atoms with Crippen molar-refractivity contribution in [1.29, 1.82) is 0 Å². The van der Waals surface area contributed by atoms with Crippen LogP contribution in [0.2, 0.25) is 0 Å². The van der Waals surface area contributed by atoms with Gasteiger partial charge in [-0.25, -0.2) is 9.97 Å². The summed E-state index contributed by atoms with van der Waals surface area (Å²) in [6.45, 7) is 8.14. The number of hydrogen-bond donors (Lipinski definition) is 0. The first kappa shape index (κ1) is 17.8. The number of hydrogen-bond acceptors (Lipinski definition) is 5. The van der Waals surface area contributed by atoms with Gasteiger partial charge in [0.25, 0.3) is 0 Å². The third kappa shape index (κ3) is 3.38. The van der Waals surface area contributed by atoms with Gasteiger partial charge in [-0.1, -0.05) is 30.3 Å². The quantitative estimate of drug-likeness (QED) is 0.670. The third-order valence-electron chi connectivity index (χ3n) is 5.23. The van der Waals surface area contributed by atoms with E-state index in [0.717, 1.165) is 16.8 Å². The number of aromatic nitrogens is 3. The van der Waals surface area contributed by atoms with Crippen molar-refractivity contribution >= 4 is 12.7 Å². The van der Waals surface area contributed by atoms with Gasteiger partial charge in [0.05, 0.1) is 22.5 Å². The summed E-state index contributed by atoms with van der Waals surface area (Å²) < 4.78 is 12.4. The van der Waals surface area contributed by atoms with Crippen LogP contribution in [-0.4, -0.2) is 33.3 Å². The molecule has 0 atom stereocenters. The molecular formula is C21H22BN3O2. The molecule has 0 aliphatic carbocycles. The van der Waals surface area contributed by atoms with Crippen molar-refractivity contribution in [3.8, 4) is 22.6 Å². The molecule has 1 aliphatic heterocycles. The minimum atomic E-state index is -0.545. The zero-order valence-electron chi connectivity index (χ0n) is 16.0. The molecule has 1 aromatic carbocycles. The van der Waals surface area contributed by atoms with Gasteiger partial charge in [0.15, 0.2) is 5.82 Å². The number of nitrogens with zero attached hydrogens (tertiary/aromatic N) is 3. The molecule has 5 nitrogen and oxygen atoms in total. The molecule has 3 aromatic rings. The highest BCUT2D eigenvalue weighted by Gasteiger charge is 2.52. The predicted molar refractivity (Wildman–Crippen MR) is 106 cm³/mol. The largest absolute Gasteiger partial charge is 0.514 e. The Labute approximate surface area is 160 Å². The predicted octanol–water partition coefficient (Wildman–Crippen LogP) is 3.50. The molecule has 0 amide bonds. The van der Waals surface area contributed by atoms with Gasteiger partial charge in [-0.05, 0) is 45.9 Å². The van der Waals surface area contributed by atoms with Crippen LogP contribution >= 0.6 is 0 Å². The van der Waals surface area contributed by atoms with Crippen LogP contribution in [0.15, 0.2) is 60.9 Å². The topological polar surface area (TPSA) is 57.1 Å². The van der Waals surface area contributed by atoms with Crippen LogP contribution in [0.1, 0.15) is 27.7 Å². The van der Waals surface area contributed by atoms with Crippen LogP contribution in [0.5, 0.6) is 0 Å². The van der Waals surface area contributed by atoms with E-state index in [4.69, 9.17) is 19.3 Å². The first-order valence-electron chi connectivity index (χ1n) is 9.06. The van der Waals surface area contributed by atoms with Crippen molar-refractivity contribution in [2.45, 2.75) is 38.9 Å². The number of rotatable bonds is 3. The van der Waals surface area contributed by atoms with E-state index in [1.165, 1.54) is 0 Å². The maximum atomic E-state index is 6.20. The van der Waals surface area contributed by atoms with Gasteiger partial charge < -0.3 is 9.31 Å². The highest BCUT2D eigenvalue weighted by molar-refractivity contribution is 6.61. The fourth-order valence-corrected chi connectivity index (χ4v) is 2.93. The van der Waals surface area contributed by atoms with E-state index >= 15 is 0 Å². The van der Waals surface area contributed by atoms with E-state index in [1.807, 2.05) is 76.2 Å². The van der Waals surface area contributed by atoms with Crippen LogP contribution in [0.4, 0.5) is 0 Å². The van der Waals surface area contributed by atoms with Crippen LogP contribution in [0.3, 0.4) is 0 Å². The Kier molecular flexibility index (Phi) is 4.33. The SMILES string of the molecule is CC1(C)OB(c2cc(-c3cccnc3)nc(-c3ccccc3)n2)OC1(C)C. The summed E-state index contributed by atoms with van der Waals surface area (Å²) in [4.78, 5) is 13.7. The molecule has 0 N–H and O–H groups in total. The van der Waals surface area contributed by atoms with E-state index in [0.29, 0.717) is 11.4 Å². The maximum Gasteiger partial charge on any atom is 0.514 e. The van der Waals surface area contributed by atoms with E-state index in [2.05, 4.69) is 4.98 Å². The summed E-state index contributed by atoms with van der Waals surface area (Å²) in [6.07, 6.45) is 3.54. The van der Waals surface area contributed by atoms with E-state index in [9.17, 15) is 0 Å². The fourth-order valence-electron chi connectivity index (χ4n) is 2.93. The van der Waals surface area contributed by atoms with E-state index < -0.39 is 18.3 Å². The lowest BCUT2D eigenvalue weighted by Crippen LogP contribution is -2.41. The average Bonchev–Trinajstić information content (AvgIpc) is 2.90. The minimum absolute atomic E-state index is 0.427. The second-order valence-electron chi connectivity index (χ2n) is 7.70. The summed E-state index contributed by atoms with van der Waals surface area (Å²) in [5.41, 5.74) is 2.52. The molecule has 1 saturated heterocycles. The van der Waals surface area contributed by atoms with Crippen LogP contribution in [-0.2, 0) is 9.31 Å². The standard InChI is InChI=1S/C21H22BN3O2/c1-20(2)21(3,4)27-22(26-20)18-13-17(16-11-8-12-23-14-16)24-19(25-18)15-9-6-5-7-10-15/h5-14H,1-4H3.